The van der Waals surface area contributed by atoms with E-state index in [-0.39, 0.29) is 22.3 Å². The Bertz CT molecular complexity index is 542. The topological polar surface area (TPSA) is 37.3 Å². The van der Waals surface area contributed by atoms with Gasteiger partial charge in [-0.15, -0.1) is 11.6 Å². The lowest BCUT2D eigenvalue weighted by Crippen LogP contribution is -2.51. The molecular formula is C19H27ClO2. The molecule has 7 unspecified atom stereocenters. The summed E-state index contributed by atoms with van der Waals surface area (Å²) < 4.78 is 0. The normalized spacial score (nSPS) is 54.3. The Kier molecular flexibility index (Phi) is 3.34. The zero-order valence-corrected chi connectivity index (χ0v) is 14.4. The van der Waals surface area contributed by atoms with Gasteiger partial charge in [0.1, 0.15) is 0 Å². The number of carbonyl (C=O) groups excluding carboxylic acids is 1. The van der Waals surface area contributed by atoms with Crippen LogP contribution in [-0.4, -0.2) is 22.4 Å². The van der Waals surface area contributed by atoms with Gasteiger partial charge < -0.3 is 5.11 Å². The van der Waals surface area contributed by atoms with Gasteiger partial charge in [0, 0.05) is 6.42 Å². The fraction of sp³-hybridized carbons (Fsp3) is 0.842. The van der Waals surface area contributed by atoms with Crippen molar-refractivity contribution in [3.63, 3.8) is 0 Å². The minimum Gasteiger partial charge on any atom is -0.391 e. The molecule has 0 aromatic carbocycles. The Balaban J connectivity index is 1.69. The van der Waals surface area contributed by atoms with E-state index < -0.39 is 0 Å². The van der Waals surface area contributed by atoms with E-state index in [1.165, 1.54) is 18.4 Å². The molecular weight excluding hydrogens is 296 g/mol. The maximum atomic E-state index is 11.8. The number of halogens is 1. The van der Waals surface area contributed by atoms with Crippen molar-refractivity contribution < 1.29 is 9.90 Å². The number of hydrogen-bond donors (Lipinski definition) is 1. The first-order chi connectivity index (χ1) is 10.4. The highest BCUT2D eigenvalue weighted by Gasteiger charge is 2.60. The number of allylic oxidation sites excluding steroid dienone is 1. The summed E-state index contributed by atoms with van der Waals surface area (Å²) in [5.41, 5.74) is 1.64. The maximum Gasteiger partial charge on any atom is 0.155 e. The summed E-state index contributed by atoms with van der Waals surface area (Å²) in [5.74, 6) is 2.23. The lowest BCUT2D eigenvalue weighted by molar-refractivity contribution is -0.118. The molecule has 4 aliphatic rings. The van der Waals surface area contributed by atoms with Crippen LogP contribution < -0.4 is 0 Å². The van der Waals surface area contributed by atoms with Crippen molar-refractivity contribution in [2.45, 2.75) is 70.3 Å². The highest BCUT2D eigenvalue weighted by molar-refractivity contribution is 6.21. The summed E-state index contributed by atoms with van der Waals surface area (Å²) in [6, 6.07) is 0. The summed E-state index contributed by atoms with van der Waals surface area (Å²) in [5, 5.41) is 10.5. The van der Waals surface area contributed by atoms with E-state index in [1.807, 2.05) is 6.08 Å². The molecule has 0 aliphatic heterocycles. The van der Waals surface area contributed by atoms with Crippen LogP contribution in [0.15, 0.2) is 11.6 Å². The maximum absolute atomic E-state index is 11.8. The Morgan fingerprint density at radius 1 is 1.18 bits per heavy atom. The molecule has 7 atom stereocenters. The molecule has 1 N–H and O–H groups in total. The third-order valence-electron chi connectivity index (χ3n) is 7.90. The molecule has 3 saturated carbocycles. The van der Waals surface area contributed by atoms with Crippen molar-refractivity contribution in [3.8, 4) is 0 Å². The molecule has 22 heavy (non-hydrogen) atoms. The second kappa shape index (κ2) is 4.83. The van der Waals surface area contributed by atoms with E-state index in [1.54, 1.807) is 0 Å². The summed E-state index contributed by atoms with van der Waals surface area (Å²) in [6.07, 6.45) is 8.82. The van der Waals surface area contributed by atoms with E-state index in [4.69, 9.17) is 11.6 Å². The molecule has 4 rings (SSSR count). The number of aliphatic hydroxyl groups excluding tert-OH is 1. The van der Waals surface area contributed by atoms with Gasteiger partial charge in [-0.2, -0.15) is 0 Å². The van der Waals surface area contributed by atoms with Gasteiger partial charge in [0.25, 0.3) is 0 Å². The van der Waals surface area contributed by atoms with Gasteiger partial charge in [-0.3, -0.25) is 4.79 Å². The second-order valence-electron chi connectivity index (χ2n) is 8.71. The third kappa shape index (κ3) is 1.86. The van der Waals surface area contributed by atoms with Crippen LogP contribution in [0.2, 0.25) is 0 Å². The molecule has 4 aliphatic carbocycles. The van der Waals surface area contributed by atoms with Crippen LogP contribution in [-0.2, 0) is 4.79 Å². The van der Waals surface area contributed by atoms with Crippen molar-refractivity contribution >= 4 is 17.4 Å². The number of hydrogen-bond acceptors (Lipinski definition) is 2. The van der Waals surface area contributed by atoms with Gasteiger partial charge in [-0.25, -0.2) is 0 Å². The second-order valence-corrected chi connectivity index (χ2v) is 9.27. The largest absolute Gasteiger partial charge is 0.391 e. The molecule has 0 bridgehead atoms. The van der Waals surface area contributed by atoms with E-state index >= 15 is 0 Å². The molecule has 3 heteroatoms. The van der Waals surface area contributed by atoms with Gasteiger partial charge in [-0.05, 0) is 73.2 Å². The van der Waals surface area contributed by atoms with Gasteiger partial charge in [-0.1, -0.05) is 19.4 Å². The Morgan fingerprint density at radius 2 is 1.95 bits per heavy atom. The fourth-order valence-electron chi connectivity index (χ4n) is 6.50. The molecule has 0 amide bonds. The van der Waals surface area contributed by atoms with Crippen LogP contribution in [0.3, 0.4) is 0 Å². The Labute approximate surface area is 138 Å². The van der Waals surface area contributed by atoms with Crippen molar-refractivity contribution in [1.29, 1.82) is 0 Å². The number of alkyl halides is 1. The minimum absolute atomic E-state index is 0.00957. The summed E-state index contributed by atoms with van der Waals surface area (Å²) in [4.78, 5) is 11.8. The average Bonchev–Trinajstić information content (AvgIpc) is 2.72. The fourth-order valence-corrected chi connectivity index (χ4v) is 6.98. The molecule has 0 heterocycles. The average molecular weight is 323 g/mol. The first-order valence-electron chi connectivity index (χ1n) is 8.92. The lowest BCUT2D eigenvalue weighted by Gasteiger charge is -2.57. The minimum atomic E-state index is -0.349. The molecule has 122 valence electrons. The number of aliphatic hydroxyl groups is 1. The van der Waals surface area contributed by atoms with Gasteiger partial charge in [0.05, 0.1) is 11.5 Å². The smallest absolute Gasteiger partial charge is 0.155 e. The predicted molar refractivity (Wildman–Crippen MR) is 87.7 cm³/mol. The van der Waals surface area contributed by atoms with Crippen LogP contribution in [0, 0.1) is 28.6 Å². The first kappa shape index (κ1) is 15.2. The number of carbonyl (C=O) groups is 1. The quantitative estimate of drug-likeness (QED) is 0.682. The molecule has 3 fully saturated rings. The van der Waals surface area contributed by atoms with Gasteiger partial charge >= 0.3 is 0 Å². The Hall–Kier alpha value is -0.340. The van der Waals surface area contributed by atoms with Crippen LogP contribution in [0.1, 0.15) is 58.8 Å². The molecule has 0 spiro atoms. The molecule has 0 aromatic rings. The number of fused-ring (bicyclic) bond motifs is 5. The SMILES string of the molecule is CC12CCC(=O)C=C1CCC1C2CCC2(C)C(O)C(Cl)CC12. The monoisotopic (exact) mass is 322 g/mol. The number of ketones is 1. The van der Waals surface area contributed by atoms with E-state index in [9.17, 15) is 9.90 Å². The standard InChI is InChI=1S/C19H27ClO2/c1-18-7-5-12(21)9-11(18)3-4-13-14(18)6-8-19(2)15(13)10-16(20)17(19)22/h9,13-17,22H,3-8,10H2,1-2H3. The van der Waals surface area contributed by atoms with Crippen molar-refractivity contribution in [3.05, 3.63) is 11.6 Å². The number of rotatable bonds is 0. The summed E-state index contributed by atoms with van der Waals surface area (Å²) in [7, 11) is 0. The predicted octanol–water partition coefficient (Wildman–Crippen LogP) is 4.10. The lowest BCUT2D eigenvalue weighted by atomic mass is 9.47. The van der Waals surface area contributed by atoms with Crippen LogP contribution in [0.5, 0.6) is 0 Å². The van der Waals surface area contributed by atoms with Crippen LogP contribution in [0.25, 0.3) is 0 Å². The van der Waals surface area contributed by atoms with Gasteiger partial charge in [0.15, 0.2) is 5.78 Å². The zero-order valence-electron chi connectivity index (χ0n) is 13.6. The molecule has 0 aromatic heterocycles. The zero-order chi connectivity index (χ0) is 15.7. The van der Waals surface area contributed by atoms with Crippen molar-refractivity contribution in [2.75, 3.05) is 0 Å². The highest BCUT2D eigenvalue weighted by atomic mass is 35.5. The van der Waals surface area contributed by atoms with E-state index in [2.05, 4.69) is 13.8 Å². The highest BCUT2D eigenvalue weighted by Crippen LogP contribution is 2.65. The molecule has 0 saturated heterocycles. The summed E-state index contributed by atoms with van der Waals surface area (Å²) in [6.45, 7) is 4.66. The van der Waals surface area contributed by atoms with Crippen LogP contribution in [0.4, 0.5) is 0 Å². The first-order valence-corrected chi connectivity index (χ1v) is 9.36. The summed E-state index contributed by atoms with van der Waals surface area (Å²) >= 11 is 6.44. The van der Waals surface area contributed by atoms with E-state index in [0.717, 1.165) is 25.7 Å². The van der Waals surface area contributed by atoms with Crippen molar-refractivity contribution in [2.24, 2.45) is 28.6 Å². The third-order valence-corrected chi connectivity index (χ3v) is 8.31. The van der Waals surface area contributed by atoms with E-state index in [0.29, 0.717) is 30.0 Å². The van der Waals surface area contributed by atoms with Gasteiger partial charge in [0.2, 0.25) is 0 Å². The Morgan fingerprint density at radius 3 is 2.73 bits per heavy atom. The van der Waals surface area contributed by atoms with Crippen LogP contribution >= 0.6 is 11.6 Å². The molecule has 2 nitrogen and oxygen atoms in total. The molecule has 0 radical (unpaired) electrons. The van der Waals surface area contributed by atoms with Crippen molar-refractivity contribution in [1.82, 2.24) is 0 Å².